The number of carbonyl (C=O) groups is 5. The Kier molecular flexibility index (Phi) is 37.5. The Balaban J connectivity index is 0.000000242. The number of azide groups is 2. The molecule has 137 heavy (non-hydrogen) atoms. The number of nitrogens with two attached hydrogens (primary N) is 4. The van der Waals surface area contributed by atoms with Gasteiger partial charge in [0, 0.05) is 59.4 Å². The molecule has 4 aliphatic rings. The number of alkyl carbamates (subject to hydrolysis) is 2. The third kappa shape index (κ3) is 31.6. The summed E-state index contributed by atoms with van der Waals surface area (Å²) in [5.74, 6) is -2.60. The fraction of sp³-hybridized carbons (Fsp3) is 0.507. The van der Waals surface area contributed by atoms with E-state index in [0.29, 0.717) is 36.3 Å². The van der Waals surface area contributed by atoms with Crippen LogP contribution in [0.4, 0.5) is 44.2 Å². The average Bonchev–Trinajstić information content (AvgIpc) is 1.62. The number of carbonyl (C=O) groups excluding carboxylic acids is 5. The number of hydrogen-bond acceptors (Lipinski definition) is 44. The normalized spacial score (nSPS) is 22.7. The predicted octanol–water partition coefficient (Wildman–Crippen LogP) is 3.56. The number of imidazole rings is 2. The predicted molar refractivity (Wildman–Crippen MR) is 460 cm³/mol. The van der Waals surface area contributed by atoms with Gasteiger partial charge >= 0.3 is 72.8 Å². The molecule has 64 heteroatoms. The number of fused-ring (bicyclic) bond motifs is 2. The molecular formula is C73H95N25O35P4. The number of amides is 2. The number of aliphatic hydroxyl groups excluding tert-OH is 3. The number of phosphoric ester groups is 4. The number of unbranched alkanes of at least 4 members (excludes halogenated alkanes) is 1. The highest BCUT2D eigenvalue weighted by Crippen LogP contribution is 2.52. The molecule has 12 rings (SSSR count). The molecule has 2 amide bonds. The molecule has 2 unspecified atom stereocenters. The lowest BCUT2D eigenvalue weighted by molar-refractivity contribution is -0.159. The molecule has 8 aromatic rings. The summed E-state index contributed by atoms with van der Waals surface area (Å²) in [5, 5.41) is 53.2. The van der Waals surface area contributed by atoms with Crippen LogP contribution in [0.15, 0.2) is 118 Å². The number of nitrogens with zero attached hydrogens (tertiary/aromatic N) is 19. The molecule has 0 spiro atoms. The van der Waals surface area contributed by atoms with E-state index in [9.17, 15) is 86.7 Å². The highest BCUT2D eigenvalue weighted by atomic mass is 31.2. The molecule has 6 aromatic heterocycles. The van der Waals surface area contributed by atoms with Gasteiger partial charge in [0.2, 0.25) is 0 Å². The van der Waals surface area contributed by atoms with Gasteiger partial charge in [0.15, 0.2) is 48.1 Å². The van der Waals surface area contributed by atoms with Gasteiger partial charge in [-0.05, 0) is 80.8 Å². The van der Waals surface area contributed by atoms with E-state index >= 15 is 0 Å². The van der Waals surface area contributed by atoms with Gasteiger partial charge in [0.05, 0.1) is 45.0 Å². The second-order valence-corrected chi connectivity index (χ2v) is 36.3. The van der Waals surface area contributed by atoms with E-state index in [1.54, 1.807) is 82.3 Å². The number of nitrogen functional groups attached to an aromatic ring is 4. The number of aromatic nitrogens is 12. The van der Waals surface area contributed by atoms with Crippen LogP contribution in [0.25, 0.3) is 43.2 Å². The number of nitriles is 1. The molecule has 0 aliphatic carbocycles. The Hall–Kier alpha value is -12.3. The highest BCUT2D eigenvalue weighted by Gasteiger charge is 2.52. The molecule has 2 aromatic carbocycles. The van der Waals surface area contributed by atoms with E-state index < -0.39 is 197 Å². The first-order valence-electron chi connectivity index (χ1n) is 40.8. The SMILES string of the molecule is CC(C)(C)OC(=O)N[C@@H](CCCCC(=O)OCc1ccc(N=[N+]=[N-])cc1)C(=O)O[C@H]1[C@@H](O)[C@H](n2cnc3c(N)ncnc32)O[C@@H]1COP(=O)(O)O[C@H]1C[C@H](n2ccc(N)nc2=O)O[C@@H]1COP(=O)(O)O.C[C@@H](CCCNC(=O)OCc1ccc(N=[N+]=[N-])cc1)C(=O)OCC#N.Nc1ccn([C@H]2C[C@H](OP(=O)(O)OC[C@H]3O[C@@H](n4cnc5c(N)ncnc54)[C@H](O)[C@@H]3O)[C@@H](COP(=O)(O)O)O2)c(=O)n1. The van der Waals surface area contributed by atoms with Crippen molar-refractivity contribution >= 4 is 118 Å². The van der Waals surface area contributed by atoms with Crippen LogP contribution in [0.3, 0.4) is 0 Å². The number of benzene rings is 2. The van der Waals surface area contributed by atoms with Crippen molar-refractivity contribution in [3.8, 4) is 6.07 Å². The maximum absolute atomic E-state index is 14.1. The minimum atomic E-state index is -5.29. The first kappa shape index (κ1) is 107. The van der Waals surface area contributed by atoms with Crippen LogP contribution in [0, 0.1) is 17.2 Å². The Labute approximate surface area is 772 Å². The standard InChI is InChI=1S/C38H50N12O18P2.C19H26N8O13P2.C16H19N5O4/c1-38(2,3)67-37(55)45-22(6-4-5-7-28(51)61-15-20-8-10-21(11-9-20)47-48-41)35(53)66-31-25(65-34(30(31)52)50-19-44-29-32(40)42-18-43-33(29)50)17-63-70(59,60)68-23-14-27(49-13-12-26(39)46-36(49)54)64-24(23)16-62-69(56,57)58;20-11-1-2-26(19(30)25-11)12-3-8(9(38-12)4-36-41(31,32)33)40-42(34,35)37-5-10-14(28)15(29)18(39-10)27-7-24-13-16(21)22-6-23-17(13)27;1-12(15(22)24-10-8-17)3-2-9-19-16(23)25-11-13-4-6-14(7-5-13)20-21-18/h8-13,18-19,22-25,27,30-31,34,52H,4-7,14-17H2,1-3H3,(H,45,55)(H,59,60)(H2,39,46,54)(H2,40,42,43)(H2,56,57,58);1-2,6-10,12,14-15,18,28-29H,3-5H2,(H,34,35)(H2,20,25,30)(H2,21,22,23)(H2,31,32,33);4-7,12H,2-3,9-11H2,1H3,(H,19,23)/t22-,23-,24+,25+,27+,30+,31+,34+;8-,9+,10+,12+,14+,15+,18+;12-/m000/s1. The lowest BCUT2D eigenvalue weighted by Crippen LogP contribution is -2.47. The van der Waals surface area contributed by atoms with Crippen LogP contribution >= 0.6 is 31.3 Å². The van der Waals surface area contributed by atoms with Crippen molar-refractivity contribution in [1.29, 1.82) is 5.26 Å². The third-order valence-electron chi connectivity index (χ3n) is 19.9. The van der Waals surface area contributed by atoms with E-state index in [1.165, 1.54) is 52.6 Å². The van der Waals surface area contributed by atoms with Crippen LogP contribution in [-0.2, 0) is 116 Å². The molecule has 4 fully saturated rings. The third-order valence-corrected chi connectivity index (χ3v) is 22.9. The van der Waals surface area contributed by atoms with E-state index in [2.05, 4.69) is 79.6 Å². The van der Waals surface area contributed by atoms with Crippen molar-refractivity contribution in [1.82, 2.24) is 68.8 Å². The minimum absolute atomic E-state index is 0.0276. The van der Waals surface area contributed by atoms with Gasteiger partial charge in [-0.3, -0.25) is 55.0 Å². The average molecular weight is 2010 g/mol. The zero-order chi connectivity index (χ0) is 99.9. The molecule has 742 valence electrons. The number of rotatable bonds is 40. The molecular weight excluding hydrogens is 1910 g/mol. The van der Waals surface area contributed by atoms with Crippen molar-refractivity contribution in [3.63, 3.8) is 0 Å². The summed E-state index contributed by atoms with van der Waals surface area (Å²) in [6.45, 7) is 3.26. The second kappa shape index (κ2) is 48.1. The van der Waals surface area contributed by atoms with Gasteiger partial charge in [-0.1, -0.05) is 72.1 Å². The molecule has 4 saturated heterocycles. The smallest absolute Gasteiger partial charge is 0.461 e. The van der Waals surface area contributed by atoms with Crippen molar-refractivity contribution in [3.05, 3.63) is 151 Å². The minimum Gasteiger partial charge on any atom is -0.461 e. The molecule has 0 saturated carbocycles. The number of ether oxygens (including phenoxy) is 9. The number of hydrogen-bond donors (Lipinski definition) is 15. The molecule has 19 N–H and O–H groups in total. The van der Waals surface area contributed by atoms with E-state index in [4.69, 9.17) is 110 Å². The second-order valence-electron chi connectivity index (χ2n) is 31.0. The van der Waals surface area contributed by atoms with Gasteiger partial charge in [0.1, 0.15) is 134 Å². The summed E-state index contributed by atoms with van der Waals surface area (Å²) in [5.41, 5.74) is 39.9. The Bertz CT molecular complexity index is 6010. The molecule has 10 heterocycles. The lowest BCUT2D eigenvalue weighted by atomic mass is 10.1. The molecule has 4 aliphatic heterocycles. The number of phosphoric acid groups is 4. The van der Waals surface area contributed by atoms with Gasteiger partial charge < -0.3 is 121 Å². The van der Waals surface area contributed by atoms with Crippen LogP contribution in [0.2, 0.25) is 0 Å². The lowest BCUT2D eigenvalue weighted by Gasteiger charge is -2.26. The fourth-order valence-corrected chi connectivity index (χ4v) is 16.0. The molecule has 60 nitrogen and oxygen atoms in total. The van der Waals surface area contributed by atoms with Crippen molar-refractivity contribution in [2.75, 3.05) is 62.5 Å². The van der Waals surface area contributed by atoms with Gasteiger partial charge in [-0.15, -0.1) is 0 Å². The Morgan fingerprint density at radius 3 is 1.53 bits per heavy atom. The van der Waals surface area contributed by atoms with Gasteiger partial charge in [-0.25, -0.2) is 72.1 Å². The van der Waals surface area contributed by atoms with Gasteiger partial charge in [-0.2, -0.15) is 15.2 Å². The van der Waals surface area contributed by atoms with Crippen molar-refractivity contribution in [2.45, 2.75) is 190 Å². The summed E-state index contributed by atoms with van der Waals surface area (Å²) in [6, 6.07) is 15.8. The first-order valence-corrected chi connectivity index (χ1v) is 46.8. The largest absolute Gasteiger partial charge is 0.472 e. The van der Waals surface area contributed by atoms with E-state index in [-0.39, 0.29) is 110 Å². The quantitative estimate of drug-likeness (QED) is 0.00496. The van der Waals surface area contributed by atoms with Crippen molar-refractivity contribution in [2.24, 2.45) is 16.1 Å². The maximum atomic E-state index is 14.1. The number of esters is 3. The zero-order valence-electron chi connectivity index (χ0n) is 72.5. The zero-order valence-corrected chi connectivity index (χ0v) is 76.1. The molecule has 0 radical (unpaired) electrons. The fourth-order valence-electron chi connectivity index (χ4n) is 13.4. The topological polar surface area (TPSA) is 881 Å². The van der Waals surface area contributed by atoms with Gasteiger partial charge in [0.25, 0.3) is 0 Å². The van der Waals surface area contributed by atoms with Crippen molar-refractivity contribution < 1.29 is 157 Å². The summed E-state index contributed by atoms with van der Waals surface area (Å²) in [6.07, 6.45) is -14.2. The van der Waals surface area contributed by atoms with Crippen LogP contribution in [0.5, 0.6) is 0 Å². The first-order chi connectivity index (χ1) is 64.8. The Morgan fingerprint density at radius 2 is 1.06 bits per heavy atom. The van der Waals surface area contributed by atoms with Crippen LogP contribution in [0.1, 0.15) is 115 Å². The molecule has 18 atom stereocenters. The summed E-state index contributed by atoms with van der Waals surface area (Å²) < 4.78 is 133. The van der Waals surface area contributed by atoms with Crippen LogP contribution in [-0.4, -0.2) is 245 Å². The summed E-state index contributed by atoms with van der Waals surface area (Å²) in [4.78, 5) is 182. The summed E-state index contributed by atoms with van der Waals surface area (Å²) >= 11 is 0. The highest BCUT2D eigenvalue weighted by molar-refractivity contribution is 7.47. The Morgan fingerprint density at radius 1 is 0.584 bits per heavy atom. The maximum Gasteiger partial charge on any atom is 0.472 e. The monoisotopic (exact) mass is 2010 g/mol. The number of nitrogens with one attached hydrogen (secondary N) is 2. The van der Waals surface area contributed by atoms with E-state index in [0.717, 1.165) is 21.0 Å². The molecule has 0 bridgehead atoms. The summed E-state index contributed by atoms with van der Waals surface area (Å²) in [7, 11) is -20.4. The number of aliphatic hydroxyl groups is 3. The number of anilines is 4. The van der Waals surface area contributed by atoms with E-state index in [1.807, 2.05) is 0 Å². The van der Waals surface area contributed by atoms with Crippen LogP contribution < -0.4 is 44.9 Å².